The maximum atomic E-state index is 6.32. The lowest BCUT2D eigenvalue weighted by atomic mass is 9.73. The second kappa shape index (κ2) is 4.41. The van der Waals surface area contributed by atoms with Crippen molar-refractivity contribution >= 4 is 22.9 Å². The van der Waals surface area contributed by atoms with Gasteiger partial charge in [-0.2, -0.15) is 0 Å². The monoisotopic (exact) mass is 264 g/mol. The Morgan fingerprint density at radius 2 is 2.18 bits per heavy atom. The molecule has 17 heavy (non-hydrogen) atoms. The highest BCUT2D eigenvalue weighted by molar-refractivity contribution is 7.09. The van der Waals surface area contributed by atoms with Crippen molar-refractivity contribution < 1.29 is 0 Å². The van der Waals surface area contributed by atoms with E-state index in [9.17, 15) is 0 Å². The van der Waals surface area contributed by atoms with E-state index in [1.165, 1.54) is 10.6 Å². The molecule has 0 aliphatic carbocycles. The van der Waals surface area contributed by atoms with E-state index in [-0.39, 0.29) is 5.41 Å². The molecule has 1 aromatic carbocycles. The minimum atomic E-state index is 0.135. The van der Waals surface area contributed by atoms with Crippen LogP contribution in [0, 0.1) is 0 Å². The molecule has 1 aliphatic heterocycles. The molecule has 4 heteroatoms. The Hall–Kier alpha value is -0.900. The highest BCUT2D eigenvalue weighted by atomic mass is 35.5. The van der Waals surface area contributed by atoms with Crippen LogP contribution in [0.2, 0.25) is 5.02 Å². The Morgan fingerprint density at radius 3 is 2.76 bits per heavy atom. The zero-order valence-corrected chi connectivity index (χ0v) is 10.9. The third-order valence-corrected chi connectivity index (χ3v) is 4.45. The number of rotatable bonds is 3. The Labute approximate surface area is 110 Å². The molecule has 1 aromatic heterocycles. The van der Waals surface area contributed by atoms with Gasteiger partial charge < -0.3 is 5.32 Å². The number of thiazole rings is 1. The summed E-state index contributed by atoms with van der Waals surface area (Å²) in [5.41, 5.74) is 1.38. The van der Waals surface area contributed by atoms with Gasteiger partial charge in [0.25, 0.3) is 0 Å². The zero-order valence-electron chi connectivity index (χ0n) is 9.32. The fraction of sp³-hybridized carbons (Fsp3) is 0.308. The summed E-state index contributed by atoms with van der Waals surface area (Å²) in [6.45, 7) is 1.96. The van der Waals surface area contributed by atoms with Gasteiger partial charge in [0, 0.05) is 41.5 Å². The molecule has 2 aromatic rings. The van der Waals surface area contributed by atoms with Gasteiger partial charge in [0.2, 0.25) is 0 Å². The molecule has 2 heterocycles. The summed E-state index contributed by atoms with van der Waals surface area (Å²) in [4.78, 5) is 4.39. The number of hydrogen-bond donors (Lipinski definition) is 1. The van der Waals surface area contributed by atoms with Crippen LogP contribution in [-0.4, -0.2) is 18.1 Å². The normalized spacial score (nSPS) is 17.7. The summed E-state index contributed by atoms with van der Waals surface area (Å²) in [5, 5.41) is 7.44. The lowest BCUT2D eigenvalue weighted by Crippen LogP contribution is -2.58. The van der Waals surface area contributed by atoms with E-state index in [4.69, 9.17) is 11.6 Å². The van der Waals surface area contributed by atoms with Crippen LogP contribution in [0.3, 0.4) is 0 Å². The lowest BCUT2D eigenvalue weighted by molar-refractivity contribution is 0.274. The first kappa shape index (κ1) is 11.2. The maximum Gasteiger partial charge on any atom is 0.0934 e. The van der Waals surface area contributed by atoms with Crippen LogP contribution in [0.5, 0.6) is 0 Å². The predicted octanol–water partition coefficient (Wildman–Crippen LogP) is 2.88. The Kier molecular flexibility index (Phi) is 2.90. The highest BCUT2D eigenvalue weighted by Crippen LogP contribution is 2.36. The number of nitrogens with zero attached hydrogens (tertiary/aromatic N) is 1. The summed E-state index contributed by atoms with van der Waals surface area (Å²) in [5.74, 6) is 0. The molecule has 0 amide bonds. The van der Waals surface area contributed by atoms with E-state index in [0.29, 0.717) is 0 Å². The SMILES string of the molecule is Clc1ccccc1C1(Cc2nccs2)CNC1. The van der Waals surface area contributed by atoms with Gasteiger partial charge in [-0.1, -0.05) is 29.8 Å². The average molecular weight is 265 g/mol. The third-order valence-electron chi connectivity index (χ3n) is 3.35. The molecule has 0 radical (unpaired) electrons. The summed E-state index contributed by atoms with van der Waals surface area (Å²) in [6.07, 6.45) is 2.84. The minimum Gasteiger partial charge on any atom is -0.315 e. The van der Waals surface area contributed by atoms with Gasteiger partial charge in [-0.05, 0) is 11.6 Å². The van der Waals surface area contributed by atoms with Crippen molar-refractivity contribution in [3.05, 3.63) is 51.4 Å². The first-order valence-electron chi connectivity index (χ1n) is 5.64. The van der Waals surface area contributed by atoms with Crippen LogP contribution in [0.4, 0.5) is 0 Å². The van der Waals surface area contributed by atoms with E-state index in [1.807, 2.05) is 23.7 Å². The van der Waals surface area contributed by atoms with Gasteiger partial charge in [-0.3, -0.25) is 0 Å². The first-order chi connectivity index (χ1) is 8.30. The third kappa shape index (κ3) is 1.99. The molecule has 1 fully saturated rings. The van der Waals surface area contributed by atoms with Crippen molar-refractivity contribution in [2.24, 2.45) is 0 Å². The van der Waals surface area contributed by atoms with Crippen LogP contribution in [-0.2, 0) is 11.8 Å². The molecule has 0 unspecified atom stereocenters. The molecule has 1 saturated heterocycles. The average Bonchev–Trinajstić information content (AvgIpc) is 2.77. The number of nitrogens with one attached hydrogen (secondary N) is 1. The number of benzene rings is 1. The summed E-state index contributed by atoms with van der Waals surface area (Å²) in [7, 11) is 0. The molecule has 0 bridgehead atoms. The van der Waals surface area contributed by atoms with Crippen LogP contribution in [0.1, 0.15) is 10.6 Å². The Bertz CT molecular complexity index is 506. The van der Waals surface area contributed by atoms with Gasteiger partial charge in [0.1, 0.15) is 0 Å². The van der Waals surface area contributed by atoms with Crippen LogP contribution >= 0.6 is 22.9 Å². The number of aromatic nitrogens is 1. The quantitative estimate of drug-likeness (QED) is 0.922. The van der Waals surface area contributed by atoms with E-state index < -0.39 is 0 Å². The zero-order chi connectivity index (χ0) is 11.7. The van der Waals surface area contributed by atoms with Crippen molar-refractivity contribution in [3.8, 4) is 0 Å². The smallest absolute Gasteiger partial charge is 0.0934 e. The second-order valence-electron chi connectivity index (χ2n) is 4.47. The van der Waals surface area contributed by atoms with Gasteiger partial charge >= 0.3 is 0 Å². The topological polar surface area (TPSA) is 24.9 Å². The fourth-order valence-corrected chi connectivity index (χ4v) is 3.45. The predicted molar refractivity (Wildman–Crippen MR) is 71.8 cm³/mol. The fourth-order valence-electron chi connectivity index (χ4n) is 2.36. The molecule has 0 saturated carbocycles. The van der Waals surface area contributed by atoms with Gasteiger partial charge in [0.05, 0.1) is 5.01 Å². The summed E-state index contributed by atoms with van der Waals surface area (Å²) in [6, 6.07) is 8.15. The van der Waals surface area contributed by atoms with Gasteiger partial charge in [-0.25, -0.2) is 4.98 Å². The molecule has 1 N–H and O–H groups in total. The van der Waals surface area contributed by atoms with E-state index in [1.54, 1.807) is 11.3 Å². The molecular weight excluding hydrogens is 252 g/mol. The van der Waals surface area contributed by atoms with Crippen LogP contribution in [0.15, 0.2) is 35.8 Å². The maximum absolute atomic E-state index is 6.32. The number of halogens is 1. The van der Waals surface area contributed by atoms with E-state index >= 15 is 0 Å². The van der Waals surface area contributed by atoms with Crippen molar-refractivity contribution in [2.75, 3.05) is 13.1 Å². The lowest BCUT2D eigenvalue weighted by Gasteiger charge is -2.43. The standard InChI is InChI=1S/C13H13ClN2S/c14-11-4-2-1-3-10(11)13(8-15-9-13)7-12-16-5-6-17-12/h1-6,15H,7-9H2. The van der Waals surface area contributed by atoms with Gasteiger partial charge in [0.15, 0.2) is 0 Å². The van der Waals surface area contributed by atoms with Crippen molar-refractivity contribution in [1.82, 2.24) is 10.3 Å². The highest BCUT2D eigenvalue weighted by Gasteiger charge is 2.40. The van der Waals surface area contributed by atoms with Crippen molar-refractivity contribution in [3.63, 3.8) is 0 Å². The molecular formula is C13H13ClN2S. The Balaban J connectivity index is 1.95. The molecule has 88 valence electrons. The molecule has 3 rings (SSSR count). The summed E-state index contributed by atoms with van der Waals surface area (Å²) < 4.78 is 0. The van der Waals surface area contributed by atoms with Crippen LogP contribution < -0.4 is 5.32 Å². The van der Waals surface area contributed by atoms with E-state index in [2.05, 4.69) is 22.4 Å². The summed E-state index contributed by atoms with van der Waals surface area (Å²) >= 11 is 8.03. The molecule has 0 atom stereocenters. The van der Waals surface area contributed by atoms with Crippen LogP contribution in [0.25, 0.3) is 0 Å². The van der Waals surface area contributed by atoms with Gasteiger partial charge in [-0.15, -0.1) is 11.3 Å². The van der Waals surface area contributed by atoms with E-state index in [0.717, 1.165) is 24.5 Å². The Morgan fingerprint density at radius 1 is 1.35 bits per heavy atom. The first-order valence-corrected chi connectivity index (χ1v) is 6.90. The second-order valence-corrected chi connectivity index (χ2v) is 5.85. The van der Waals surface area contributed by atoms with Crippen molar-refractivity contribution in [2.45, 2.75) is 11.8 Å². The number of hydrogen-bond acceptors (Lipinski definition) is 3. The molecule has 0 spiro atoms. The largest absolute Gasteiger partial charge is 0.315 e. The minimum absolute atomic E-state index is 0.135. The molecule has 1 aliphatic rings. The molecule has 2 nitrogen and oxygen atoms in total. The van der Waals surface area contributed by atoms with Crippen molar-refractivity contribution in [1.29, 1.82) is 0 Å².